The summed E-state index contributed by atoms with van der Waals surface area (Å²) in [7, 11) is 2.29. The van der Waals surface area contributed by atoms with E-state index in [1.165, 1.54) is 44.2 Å². The van der Waals surface area contributed by atoms with E-state index in [0.29, 0.717) is 5.41 Å². The molecular formula is C18H30N2. The summed E-state index contributed by atoms with van der Waals surface area (Å²) in [6.45, 7) is 6.01. The van der Waals surface area contributed by atoms with Gasteiger partial charge >= 0.3 is 0 Å². The van der Waals surface area contributed by atoms with Gasteiger partial charge in [-0.15, -0.1) is 0 Å². The van der Waals surface area contributed by atoms with Crippen LogP contribution in [0.2, 0.25) is 0 Å². The second kappa shape index (κ2) is 6.62. The van der Waals surface area contributed by atoms with E-state index in [1.807, 2.05) is 6.07 Å². The van der Waals surface area contributed by atoms with Gasteiger partial charge in [0.2, 0.25) is 0 Å². The highest BCUT2D eigenvalue weighted by Gasteiger charge is 2.28. The number of hydrogen-bond acceptors (Lipinski definition) is 2. The molecule has 1 aliphatic rings. The van der Waals surface area contributed by atoms with Crippen molar-refractivity contribution in [2.75, 3.05) is 19.3 Å². The average Bonchev–Trinajstić information content (AvgIpc) is 2.38. The Kier molecular flexibility index (Phi) is 5.09. The molecule has 0 radical (unpaired) electrons. The molecule has 2 nitrogen and oxygen atoms in total. The molecule has 1 saturated carbocycles. The van der Waals surface area contributed by atoms with Crippen molar-refractivity contribution in [1.82, 2.24) is 4.90 Å². The standard InChI is InChI=1S/C18H30N2/c1-18(2)11-9-17(10-12-18)20(3)13-5-7-15-6-4-8-16(19)14-15/h4,6,8,14,17H,5,7,9-13,19H2,1-3H3. The summed E-state index contributed by atoms with van der Waals surface area (Å²) >= 11 is 0. The van der Waals surface area contributed by atoms with Crippen molar-refractivity contribution in [3.05, 3.63) is 29.8 Å². The van der Waals surface area contributed by atoms with Gasteiger partial charge in [0.25, 0.3) is 0 Å². The summed E-state index contributed by atoms with van der Waals surface area (Å²) < 4.78 is 0. The molecule has 2 rings (SSSR count). The number of nitrogens with two attached hydrogens (primary N) is 1. The van der Waals surface area contributed by atoms with Crippen LogP contribution in [0.1, 0.15) is 51.5 Å². The quantitative estimate of drug-likeness (QED) is 0.819. The number of nitrogens with zero attached hydrogens (tertiary/aromatic N) is 1. The molecule has 0 aliphatic heterocycles. The highest BCUT2D eigenvalue weighted by atomic mass is 15.1. The van der Waals surface area contributed by atoms with E-state index in [2.05, 4.69) is 44.0 Å². The van der Waals surface area contributed by atoms with E-state index in [1.54, 1.807) is 0 Å². The summed E-state index contributed by atoms with van der Waals surface area (Å²) in [6.07, 6.45) is 7.82. The summed E-state index contributed by atoms with van der Waals surface area (Å²) in [5.74, 6) is 0. The van der Waals surface area contributed by atoms with Gasteiger partial charge < -0.3 is 10.6 Å². The zero-order chi connectivity index (χ0) is 14.6. The minimum Gasteiger partial charge on any atom is -0.399 e. The number of aryl methyl sites for hydroxylation is 1. The van der Waals surface area contributed by atoms with Crippen LogP contribution >= 0.6 is 0 Å². The van der Waals surface area contributed by atoms with Crippen molar-refractivity contribution in [3.8, 4) is 0 Å². The first-order valence-corrected chi connectivity index (χ1v) is 8.01. The lowest BCUT2D eigenvalue weighted by molar-refractivity contribution is 0.127. The maximum absolute atomic E-state index is 5.82. The van der Waals surface area contributed by atoms with Gasteiger partial charge in [-0.1, -0.05) is 26.0 Å². The number of rotatable bonds is 5. The Bertz CT molecular complexity index is 415. The fourth-order valence-electron chi connectivity index (χ4n) is 3.29. The number of benzene rings is 1. The van der Waals surface area contributed by atoms with Crippen LogP contribution in [0.5, 0.6) is 0 Å². The Balaban J connectivity index is 1.71. The van der Waals surface area contributed by atoms with Gasteiger partial charge in [0.05, 0.1) is 0 Å². The maximum atomic E-state index is 5.82. The largest absolute Gasteiger partial charge is 0.399 e. The SMILES string of the molecule is CN(CCCc1cccc(N)c1)C1CCC(C)(C)CC1. The molecule has 1 aromatic carbocycles. The molecule has 0 saturated heterocycles. The molecule has 1 fully saturated rings. The molecular weight excluding hydrogens is 244 g/mol. The molecule has 0 atom stereocenters. The highest BCUT2D eigenvalue weighted by molar-refractivity contribution is 5.40. The summed E-state index contributed by atoms with van der Waals surface area (Å²) in [6, 6.07) is 9.09. The molecule has 0 amide bonds. The highest BCUT2D eigenvalue weighted by Crippen LogP contribution is 2.36. The van der Waals surface area contributed by atoms with Crippen LogP contribution in [0, 0.1) is 5.41 Å². The molecule has 0 bridgehead atoms. The van der Waals surface area contributed by atoms with E-state index in [-0.39, 0.29) is 0 Å². The molecule has 0 spiro atoms. The van der Waals surface area contributed by atoms with Crippen LogP contribution < -0.4 is 5.73 Å². The van der Waals surface area contributed by atoms with Crippen molar-refractivity contribution >= 4 is 5.69 Å². The van der Waals surface area contributed by atoms with Crippen LogP contribution in [0.15, 0.2) is 24.3 Å². The fraction of sp³-hybridized carbons (Fsp3) is 0.667. The van der Waals surface area contributed by atoms with E-state index < -0.39 is 0 Å². The van der Waals surface area contributed by atoms with E-state index in [0.717, 1.165) is 18.2 Å². The number of anilines is 1. The van der Waals surface area contributed by atoms with Crippen molar-refractivity contribution in [1.29, 1.82) is 0 Å². The van der Waals surface area contributed by atoms with Gasteiger partial charge in [0, 0.05) is 11.7 Å². The average molecular weight is 274 g/mol. The van der Waals surface area contributed by atoms with Gasteiger partial charge in [0.1, 0.15) is 0 Å². The molecule has 0 heterocycles. The Morgan fingerprint density at radius 1 is 1.25 bits per heavy atom. The Morgan fingerprint density at radius 2 is 1.95 bits per heavy atom. The van der Waals surface area contributed by atoms with E-state index in [4.69, 9.17) is 5.73 Å². The molecule has 20 heavy (non-hydrogen) atoms. The predicted octanol–water partition coefficient (Wildman–Crippen LogP) is 4.10. The Labute approximate surface area is 124 Å². The summed E-state index contributed by atoms with van der Waals surface area (Å²) in [4.78, 5) is 2.57. The fourth-order valence-corrected chi connectivity index (χ4v) is 3.29. The van der Waals surface area contributed by atoms with Gasteiger partial charge in [-0.05, 0) is 75.2 Å². The predicted molar refractivity (Wildman–Crippen MR) is 87.8 cm³/mol. The van der Waals surface area contributed by atoms with Crippen LogP contribution in [0.3, 0.4) is 0 Å². The van der Waals surface area contributed by atoms with E-state index >= 15 is 0 Å². The lowest BCUT2D eigenvalue weighted by atomic mass is 9.75. The second-order valence-electron chi connectivity index (χ2n) is 7.22. The third-order valence-corrected chi connectivity index (χ3v) is 4.86. The van der Waals surface area contributed by atoms with Crippen molar-refractivity contribution in [2.24, 2.45) is 5.41 Å². The topological polar surface area (TPSA) is 29.3 Å². The smallest absolute Gasteiger partial charge is 0.0316 e. The number of nitrogen functional groups attached to an aromatic ring is 1. The van der Waals surface area contributed by atoms with Crippen LogP contribution in [-0.4, -0.2) is 24.5 Å². The van der Waals surface area contributed by atoms with Gasteiger partial charge in [0.15, 0.2) is 0 Å². The minimum absolute atomic E-state index is 0.568. The van der Waals surface area contributed by atoms with Crippen LogP contribution in [0.4, 0.5) is 5.69 Å². The molecule has 1 aromatic rings. The van der Waals surface area contributed by atoms with E-state index in [9.17, 15) is 0 Å². The van der Waals surface area contributed by atoms with Crippen molar-refractivity contribution < 1.29 is 0 Å². The number of hydrogen-bond donors (Lipinski definition) is 1. The van der Waals surface area contributed by atoms with Crippen LogP contribution in [-0.2, 0) is 6.42 Å². The minimum atomic E-state index is 0.568. The first-order chi connectivity index (χ1) is 9.46. The zero-order valence-corrected chi connectivity index (χ0v) is 13.4. The zero-order valence-electron chi connectivity index (χ0n) is 13.4. The first kappa shape index (κ1) is 15.4. The van der Waals surface area contributed by atoms with Gasteiger partial charge in [-0.3, -0.25) is 0 Å². The first-order valence-electron chi connectivity index (χ1n) is 8.01. The molecule has 0 unspecified atom stereocenters. The molecule has 2 heteroatoms. The van der Waals surface area contributed by atoms with Crippen molar-refractivity contribution in [3.63, 3.8) is 0 Å². The monoisotopic (exact) mass is 274 g/mol. The third-order valence-electron chi connectivity index (χ3n) is 4.86. The lowest BCUT2D eigenvalue weighted by Gasteiger charge is -2.38. The Hall–Kier alpha value is -1.02. The normalized spacial score (nSPS) is 19.4. The lowest BCUT2D eigenvalue weighted by Crippen LogP contribution is -2.37. The third kappa shape index (κ3) is 4.52. The maximum Gasteiger partial charge on any atom is 0.0316 e. The molecule has 2 N–H and O–H groups in total. The van der Waals surface area contributed by atoms with Crippen molar-refractivity contribution in [2.45, 2.75) is 58.4 Å². The van der Waals surface area contributed by atoms with Gasteiger partial charge in [-0.2, -0.15) is 0 Å². The summed E-state index contributed by atoms with van der Waals surface area (Å²) in [5, 5.41) is 0. The van der Waals surface area contributed by atoms with Crippen LogP contribution in [0.25, 0.3) is 0 Å². The molecule has 1 aliphatic carbocycles. The second-order valence-corrected chi connectivity index (χ2v) is 7.22. The Morgan fingerprint density at radius 3 is 2.60 bits per heavy atom. The molecule has 0 aromatic heterocycles. The summed E-state index contributed by atoms with van der Waals surface area (Å²) in [5.41, 5.74) is 8.63. The molecule has 112 valence electrons. The van der Waals surface area contributed by atoms with Gasteiger partial charge in [-0.25, -0.2) is 0 Å².